The van der Waals surface area contributed by atoms with E-state index in [4.69, 9.17) is 14.2 Å². The molecule has 0 aromatic heterocycles. The average molecular weight is 485 g/mol. The number of amides is 1. The van der Waals surface area contributed by atoms with E-state index in [9.17, 15) is 13.2 Å². The number of carbonyl (C=O) groups excluding carboxylic acids is 1. The molecule has 0 unspecified atom stereocenters. The van der Waals surface area contributed by atoms with Crippen LogP contribution in [0.2, 0.25) is 0 Å². The summed E-state index contributed by atoms with van der Waals surface area (Å²) in [5, 5.41) is 2.76. The SMILES string of the molecule is COc1cccc(OC)c1CNC(=O)COc1ccc(S(=O)(=O)Nc2cc(C)ccc2C)cc1. The van der Waals surface area contributed by atoms with E-state index in [0.717, 1.165) is 11.1 Å². The lowest BCUT2D eigenvalue weighted by Gasteiger charge is -2.14. The van der Waals surface area contributed by atoms with Gasteiger partial charge in [0, 0.05) is 0 Å². The molecule has 0 saturated heterocycles. The van der Waals surface area contributed by atoms with Crippen LogP contribution in [0.4, 0.5) is 5.69 Å². The molecule has 0 aliphatic heterocycles. The van der Waals surface area contributed by atoms with Gasteiger partial charge in [0.25, 0.3) is 15.9 Å². The van der Waals surface area contributed by atoms with E-state index < -0.39 is 10.0 Å². The van der Waals surface area contributed by atoms with Crippen molar-refractivity contribution in [2.45, 2.75) is 25.3 Å². The summed E-state index contributed by atoms with van der Waals surface area (Å²) in [7, 11) is -0.669. The first-order chi connectivity index (χ1) is 16.2. The summed E-state index contributed by atoms with van der Waals surface area (Å²) in [5.74, 6) is 1.23. The van der Waals surface area contributed by atoms with Crippen molar-refractivity contribution >= 4 is 21.6 Å². The lowest BCUT2D eigenvalue weighted by atomic mass is 10.1. The second kappa shape index (κ2) is 10.9. The number of methoxy groups -OCH3 is 2. The van der Waals surface area contributed by atoms with Gasteiger partial charge in [0.1, 0.15) is 17.2 Å². The fraction of sp³-hybridized carbons (Fsp3) is 0.240. The van der Waals surface area contributed by atoms with Crippen LogP contribution < -0.4 is 24.2 Å². The fourth-order valence-electron chi connectivity index (χ4n) is 3.25. The summed E-state index contributed by atoms with van der Waals surface area (Å²) in [5.41, 5.74) is 3.02. The van der Waals surface area contributed by atoms with Crippen molar-refractivity contribution < 1.29 is 27.4 Å². The Hall–Kier alpha value is -3.72. The monoisotopic (exact) mass is 484 g/mol. The predicted octanol–water partition coefficient (Wildman–Crippen LogP) is 3.82. The molecule has 9 heteroatoms. The number of nitrogens with one attached hydrogen (secondary N) is 2. The van der Waals surface area contributed by atoms with Crippen molar-refractivity contribution in [1.82, 2.24) is 5.32 Å². The molecule has 180 valence electrons. The minimum absolute atomic E-state index is 0.0912. The van der Waals surface area contributed by atoms with Crippen molar-refractivity contribution in [3.63, 3.8) is 0 Å². The van der Waals surface area contributed by atoms with Crippen molar-refractivity contribution in [2.24, 2.45) is 0 Å². The maximum Gasteiger partial charge on any atom is 0.261 e. The number of hydrogen-bond donors (Lipinski definition) is 2. The smallest absolute Gasteiger partial charge is 0.261 e. The molecular weight excluding hydrogens is 456 g/mol. The second-order valence-electron chi connectivity index (χ2n) is 7.60. The maximum absolute atomic E-state index is 12.7. The highest BCUT2D eigenvalue weighted by atomic mass is 32.2. The molecule has 2 N–H and O–H groups in total. The molecular formula is C25H28N2O6S. The molecule has 0 atom stereocenters. The lowest BCUT2D eigenvalue weighted by molar-refractivity contribution is -0.123. The van der Waals surface area contributed by atoms with Crippen molar-refractivity contribution in [3.8, 4) is 17.2 Å². The van der Waals surface area contributed by atoms with E-state index >= 15 is 0 Å². The van der Waals surface area contributed by atoms with Crippen LogP contribution in [0.1, 0.15) is 16.7 Å². The van der Waals surface area contributed by atoms with Crippen LogP contribution in [0.5, 0.6) is 17.2 Å². The summed E-state index contributed by atoms with van der Waals surface area (Å²) < 4.78 is 44.2. The third-order valence-electron chi connectivity index (χ3n) is 5.13. The fourth-order valence-corrected chi connectivity index (χ4v) is 4.38. The van der Waals surface area contributed by atoms with Gasteiger partial charge >= 0.3 is 0 Å². The van der Waals surface area contributed by atoms with Crippen LogP contribution in [0.25, 0.3) is 0 Å². The molecule has 0 fully saturated rings. The Labute approximate surface area is 199 Å². The van der Waals surface area contributed by atoms with Gasteiger partial charge in [-0.1, -0.05) is 18.2 Å². The molecule has 0 spiro atoms. The summed E-state index contributed by atoms with van der Waals surface area (Å²) in [4.78, 5) is 12.3. The first-order valence-electron chi connectivity index (χ1n) is 10.5. The van der Waals surface area contributed by atoms with E-state index in [1.807, 2.05) is 26.0 Å². The Kier molecular flexibility index (Phi) is 8.01. The van der Waals surface area contributed by atoms with Crippen LogP contribution in [-0.2, 0) is 21.4 Å². The predicted molar refractivity (Wildman–Crippen MR) is 130 cm³/mol. The molecule has 3 aromatic rings. The topological polar surface area (TPSA) is 103 Å². The highest BCUT2D eigenvalue weighted by molar-refractivity contribution is 7.92. The average Bonchev–Trinajstić information content (AvgIpc) is 2.83. The number of hydrogen-bond acceptors (Lipinski definition) is 6. The van der Waals surface area contributed by atoms with E-state index in [1.165, 1.54) is 24.3 Å². The van der Waals surface area contributed by atoms with Gasteiger partial charge in [0.05, 0.1) is 36.9 Å². The van der Waals surface area contributed by atoms with Gasteiger partial charge in [-0.3, -0.25) is 9.52 Å². The highest BCUT2D eigenvalue weighted by Gasteiger charge is 2.16. The second-order valence-corrected chi connectivity index (χ2v) is 9.28. The third kappa shape index (κ3) is 6.20. The molecule has 0 aliphatic rings. The Balaban J connectivity index is 1.58. The van der Waals surface area contributed by atoms with Gasteiger partial charge in [-0.2, -0.15) is 0 Å². The van der Waals surface area contributed by atoms with Crippen LogP contribution >= 0.6 is 0 Å². The first kappa shape index (κ1) is 24.9. The van der Waals surface area contributed by atoms with Gasteiger partial charge in [-0.25, -0.2) is 8.42 Å². The largest absolute Gasteiger partial charge is 0.496 e. The molecule has 8 nitrogen and oxygen atoms in total. The Morgan fingerprint density at radius 2 is 1.56 bits per heavy atom. The molecule has 0 heterocycles. The van der Waals surface area contributed by atoms with Gasteiger partial charge in [0.2, 0.25) is 0 Å². The molecule has 3 rings (SSSR count). The zero-order valence-electron chi connectivity index (χ0n) is 19.5. The quantitative estimate of drug-likeness (QED) is 0.454. The number of carbonyl (C=O) groups is 1. The van der Waals surface area contributed by atoms with Crippen molar-refractivity contribution in [2.75, 3.05) is 25.5 Å². The molecule has 0 radical (unpaired) electrons. The van der Waals surface area contributed by atoms with Crippen molar-refractivity contribution in [1.29, 1.82) is 0 Å². The Morgan fingerprint density at radius 1 is 0.912 bits per heavy atom. The number of sulfonamides is 1. The molecule has 0 saturated carbocycles. The number of aryl methyl sites for hydroxylation is 2. The maximum atomic E-state index is 12.7. The number of benzene rings is 3. The Morgan fingerprint density at radius 3 is 2.18 bits per heavy atom. The molecule has 34 heavy (non-hydrogen) atoms. The zero-order chi connectivity index (χ0) is 24.7. The molecule has 1 amide bonds. The summed E-state index contributed by atoms with van der Waals surface area (Å²) in [6.07, 6.45) is 0. The number of rotatable bonds is 10. The molecule has 3 aromatic carbocycles. The molecule has 0 aliphatic carbocycles. The Bertz CT molecular complexity index is 1230. The molecule has 0 bridgehead atoms. The third-order valence-corrected chi connectivity index (χ3v) is 6.51. The standard InChI is InChI=1S/C25H28N2O6S/c1-17-8-9-18(2)22(14-17)27-34(29,30)20-12-10-19(11-13-20)33-16-25(28)26-15-21-23(31-3)6-5-7-24(21)32-4/h5-14,27H,15-16H2,1-4H3,(H,26,28). The minimum atomic E-state index is -3.76. The summed E-state index contributed by atoms with van der Waals surface area (Å²) in [6.45, 7) is 3.70. The van der Waals surface area contributed by atoms with E-state index in [-0.39, 0.29) is 24.0 Å². The number of ether oxygens (including phenoxy) is 3. The lowest BCUT2D eigenvalue weighted by Crippen LogP contribution is -2.28. The summed E-state index contributed by atoms with van der Waals surface area (Å²) in [6, 6.07) is 16.8. The van der Waals surface area contributed by atoms with Gasteiger partial charge < -0.3 is 19.5 Å². The van der Waals surface area contributed by atoms with Crippen LogP contribution in [0.15, 0.2) is 65.6 Å². The van der Waals surface area contributed by atoms with Crippen LogP contribution in [0, 0.1) is 13.8 Å². The minimum Gasteiger partial charge on any atom is -0.496 e. The number of anilines is 1. The first-order valence-corrected chi connectivity index (χ1v) is 12.0. The van der Waals surface area contributed by atoms with E-state index in [0.29, 0.717) is 28.5 Å². The van der Waals surface area contributed by atoms with Gasteiger partial charge in [-0.15, -0.1) is 0 Å². The normalized spacial score (nSPS) is 10.9. The van der Waals surface area contributed by atoms with E-state index in [1.54, 1.807) is 38.5 Å². The zero-order valence-corrected chi connectivity index (χ0v) is 20.4. The summed E-state index contributed by atoms with van der Waals surface area (Å²) >= 11 is 0. The van der Waals surface area contributed by atoms with Gasteiger partial charge in [0.15, 0.2) is 6.61 Å². The van der Waals surface area contributed by atoms with Crippen LogP contribution in [-0.4, -0.2) is 35.2 Å². The van der Waals surface area contributed by atoms with E-state index in [2.05, 4.69) is 10.0 Å². The van der Waals surface area contributed by atoms with Gasteiger partial charge in [-0.05, 0) is 67.4 Å². The van der Waals surface area contributed by atoms with Crippen molar-refractivity contribution in [3.05, 3.63) is 77.4 Å². The van der Waals surface area contributed by atoms with Crippen LogP contribution in [0.3, 0.4) is 0 Å². The highest BCUT2D eigenvalue weighted by Crippen LogP contribution is 2.28.